The second kappa shape index (κ2) is 8.72. The maximum absolute atomic E-state index is 13.4. The highest BCUT2D eigenvalue weighted by atomic mass is 19.3. The molecule has 0 radical (unpaired) electrons. The summed E-state index contributed by atoms with van der Waals surface area (Å²) in [5.74, 6) is -2.84. The quantitative estimate of drug-likeness (QED) is 0.623. The Bertz CT molecular complexity index is 788. The Morgan fingerprint density at radius 2 is 1.81 bits per heavy atom. The van der Waals surface area contributed by atoms with Gasteiger partial charge in [0, 0.05) is 42.2 Å². The summed E-state index contributed by atoms with van der Waals surface area (Å²) in [4.78, 5) is 4.44. The molecule has 0 spiro atoms. The first-order chi connectivity index (χ1) is 12.4. The number of alkyl halides is 2. The van der Waals surface area contributed by atoms with Crippen LogP contribution in [0.5, 0.6) is 0 Å². The molecule has 2 N–H and O–H groups in total. The fraction of sp³-hybridized carbons (Fsp3) is 0.286. The Balaban J connectivity index is 2.38. The van der Waals surface area contributed by atoms with Crippen molar-refractivity contribution in [2.45, 2.75) is 33.2 Å². The summed E-state index contributed by atoms with van der Waals surface area (Å²) >= 11 is 0. The van der Waals surface area contributed by atoms with Crippen LogP contribution in [0, 0.1) is 0 Å². The van der Waals surface area contributed by atoms with E-state index >= 15 is 0 Å². The van der Waals surface area contributed by atoms with Gasteiger partial charge in [-0.05, 0) is 50.7 Å². The minimum Gasteiger partial charge on any atom is -0.355 e. The van der Waals surface area contributed by atoms with Crippen molar-refractivity contribution in [1.29, 1.82) is 0 Å². The zero-order valence-corrected chi connectivity index (χ0v) is 15.6. The van der Waals surface area contributed by atoms with Gasteiger partial charge in [-0.15, -0.1) is 0 Å². The molecule has 0 amide bonds. The van der Waals surface area contributed by atoms with Gasteiger partial charge in [-0.3, -0.25) is 4.99 Å². The molecule has 2 aromatic rings. The van der Waals surface area contributed by atoms with Gasteiger partial charge in [0.05, 0.1) is 5.70 Å². The average molecular weight is 357 g/mol. The largest absolute Gasteiger partial charge is 0.355 e. The van der Waals surface area contributed by atoms with Crippen molar-refractivity contribution in [3.63, 3.8) is 0 Å². The van der Waals surface area contributed by atoms with E-state index in [0.29, 0.717) is 0 Å². The maximum atomic E-state index is 13.4. The van der Waals surface area contributed by atoms with E-state index < -0.39 is 5.92 Å². The second-order valence-electron chi connectivity index (χ2n) is 6.06. The molecule has 0 aromatic heterocycles. The van der Waals surface area contributed by atoms with Crippen LogP contribution in [-0.2, 0) is 12.5 Å². The molecule has 0 fully saturated rings. The third kappa shape index (κ3) is 4.99. The van der Waals surface area contributed by atoms with Crippen LogP contribution in [0.2, 0.25) is 0 Å². The van der Waals surface area contributed by atoms with E-state index in [0.717, 1.165) is 41.7 Å². The lowest BCUT2D eigenvalue weighted by molar-refractivity contribution is 0.0175. The summed E-state index contributed by atoms with van der Waals surface area (Å²) in [6, 6.07) is 12.3. The Hall–Kier alpha value is -2.53. The first-order valence-corrected chi connectivity index (χ1v) is 8.57. The number of benzene rings is 2. The minimum absolute atomic E-state index is 0.00244. The first-order valence-electron chi connectivity index (χ1n) is 8.57. The van der Waals surface area contributed by atoms with Crippen LogP contribution >= 0.6 is 0 Å². The van der Waals surface area contributed by atoms with E-state index in [2.05, 4.69) is 21.7 Å². The normalized spacial score (nSPS) is 12.6. The van der Waals surface area contributed by atoms with Crippen LogP contribution in [-0.4, -0.2) is 13.3 Å². The SMILES string of the molecule is CC=N/C(=C\C)c1cc(CNC)ccc1Nc1ccc(C(C)(F)F)cc1. The number of allylic oxidation sites excluding steroid dienone is 1. The smallest absolute Gasteiger partial charge is 0.270 e. The first kappa shape index (κ1) is 19.8. The topological polar surface area (TPSA) is 36.4 Å². The Morgan fingerprint density at radius 1 is 1.12 bits per heavy atom. The summed E-state index contributed by atoms with van der Waals surface area (Å²) in [6.45, 7) is 5.46. The highest BCUT2D eigenvalue weighted by Crippen LogP contribution is 2.31. The van der Waals surface area contributed by atoms with Gasteiger partial charge >= 0.3 is 0 Å². The average Bonchev–Trinajstić information content (AvgIpc) is 2.61. The number of nitrogens with one attached hydrogen (secondary N) is 2. The molecule has 0 aliphatic carbocycles. The molecule has 0 aliphatic rings. The highest BCUT2D eigenvalue weighted by Gasteiger charge is 2.23. The van der Waals surface area contributed by atoms with Gasteiger partial charge in [0.25, 0.3) is 5.92 Å². The van der Waals surface area contributed by atoms with E-state index in [4.69, 9.17) is 0 Å². The highest BCUT2D eigenvalue weighted by molar-refractivity contribution is 5.82. The molecule has 2 aromatic carbocycles. The summed E-state index contributed by atoms with van der Waals surface area (Å²) in [5.41, 5.74) is 4.57. The molecule has 0 heterocycles. The number of halogens is 2. The Kier molecular flexibility index (Phi) is 6.64. The van der Waals surface area contributed by atoms with Crippen molar-refractivity contribution >= 4 is 23.3 Å². The zero-order valence-electron chi connectivity index (χ0n) is 15.6. The van der Waals surface area contributed by atoms with Crippen molar-refractivity contribution in [3.8, 4) is 0 Å². The van der Waals surface area contributed by atoms with Gasteiger partial charge in [0.15, 0.2) is 0 Å². The summed E-state index contributed by atoms with van der Waals surface area (Å²) in [6.07, 6.45) is 3.70. The number of hydrogen-bond donors (Lipinski definition) is 2. The number of nitrogens with zero attached hydrogens (tertiary/aromatic N) is 1. The van der Waals surface area contributed by atoms with Crippen molar-refractivity contribution < 1.29 is 8.78 Å². The number of aliphatic imine (C=N–C) groups is 1. The van der Waals surface area contributed by atoms with Gasteiger partial charge in [0.2, 0.25) is 0 Å². The lowest BCUT2D eigenvalue weighted by Crippen LogP contribution is -2.07. The van der Waals surface area contributed by atoms with Crippen LogP contribution < -0.4 is 10.6 Å². The second-order valence-corrected chi connectivity index (χ2v) is 6.06. The van der Waals surface area contributed by atoms with E-state index in [9.17, 15) is 8.78 Å². The number of anilines is 2. The van der Waals surface area contributed by atoms with Gasteiger partial charge in [0.1, 0.15) is 0 Å². The number of hydrogen-bond acceptors (Lipinski definition) is 3. The summed E-state index contributed by atoms with van der Waals surface area (Å²) in [7, 11) is 1.90. The number of rotatable bonds is 7. The van der Waals surface area contributed by atoms with E-state index in [1.807, 2.05) is 39.1 Å². The fourth-order valence-corrected chi connectivity index (χ4v) is 2.67. The zero-order chi connectivity index (χ0) is 19.2. The molecular formula is C21H25F2N3. The lowest BCUT2D eigenvalue weighted by atomic mass is 10.0. The van der Waals surface area contributed by atoms with Gasteiger partial charge in [-0.2, -0.15) is 0 Å². The maximum Gasteiger partial charge on any atom is 0.270 e. The molecule has 0 unspecified atom stereocenters. The van der Waals surface area contributed by atoms with Crippen molar-refractivity contribution in [3.05, 3.63) is 65.2 Å². The molecule has 0 saturated carbocycles. The molecule has 0 aliphatic heterocycles. The van der Waals surface area contributed by atoms with E-state index in [1.165, 1.54) is 12.1 Å². The molecule has 0 saturated heterocycles. The van der Waals surface area contributed by atoms with Crippen molar-refractivity contribution in [2.75, 3.05) is 12.4 Å². The molecule has 0 atom stereocenters. The van der Waals surface area contributed by atoms with Crippen LogP contribution in [0.1, 0.15) is 37.5 Å². The third-order valence-corrected chi connectivity index (χ3v) is 3.95. The monoisotopic (exact) mass is 357 g/mol. The minimum atomic E-state index is -2.84. The fourth-order valence-electron chi connectivity index (χ4n) is 2.67. The van der Waals surface area contributed by atoms with Crippen LogP contribution in [0.3, 0.4) is 0 Å². The molecule has 26 heavy (non-hydrogen) atoms. The van der Waals surface area contributed by atoms with Crippen LogP contribution in [0.25, 0.3) is 5.70 Å². The van der Waals surface area contributed by atoms with Crippen molar-refractivity contribution in [2.24, 2.45) is 4.99 Å². The predicted octanol–water partition coefficient (Wildman–Crippen LogP) is 5.71. The predicted molar refractivity (Wildman–Crippen MR) is 106 cm³/mol. The Morgan fingerprint density at radius 3 is 2.35 bits per heavy atom. The van der Waals surface area contributed by atoms with E-state index in [-0.39, 0.29) is 5.56 Å². The third-order valence-electron chi connectivity index (χ3n) is 3.95. The molecule has 2 rings (SSSR count). The van der Waals surface area contributed by atoms with Gasteiger partial charge in [-0.1, -0.05) is 24.3 Å². The standard InChI is InChI=1S/C21H25F2N3/c1-5-19(25-6-2)18-13-15(14-24-4)7-12-20(18)26-17-10-8-16(9-11-17)21(3,22)23/h5-13,24,26H,14H2,1-4H3/b19-5-,25-6?. The van der Waals surface area contributed by atoms with Gasteiger partial charge in [-0.25, -0.2) is 8.78 Å². The summed E-state index contributed by atoms with van der Waals surface area (Å²) in [5, 5.41) is 6.45. The van der Waals surface area contributed by atoms with Gasteiger partial charge < -0.3 is 10.6 Å². The van der Waals surface area contributed by atoms with Crippen LogP contribution in [0.15, 0.2) is 53.5 Å². The molecule has 5 heteroatoms. The van der Waals surface area contributed by atoms with Crippen LogP contribution in [0.4, 0.5) is 20.2 Å². The molecular weight excluding hydrogens is 332 g/mol. The molecule has 3 nitrogen and oxygen atoms in total. The molecule has 0 bridgehead atoms. The van der Waals surface area contributed by atoms with E-state index in [1.54, 1.807) is 18.3 Å². The summed E-state index contributed by atoms with van der Waals surface area (Å²) < 4.78 is 26.8. The Labute approximate surface area is 153 Å². The lowest BCUT2D eigenvalue weighted by Gasteiger charge is -2.16. The van der Waals surface area contributed by atoms with Crippen molar-refractivity contribution in [1.82, 2.24) is 5.32 Å². The molecule has 138 valence electrons.